The fourth-order valence-corrected chi connectivity index (χ4v) is 4.70. The van der Waals surface area contributed by atoms with Crippen LogP contribution in [0.2, 0.25) is 0 Å². The van der Waals surface area contributed by atoms with Crippen LogP contribution < -0.4 is 10.5 Å². The van der Waals surface area contributed by atoms with Crippen molar-refractivity contribution in [2.45, 2.75) is 17.7 Å². The third-order valence-corrected chi connectivity index (χ3v) is 6.74. The molecular weight excluding hydrogens is 482 g/mol. The lowest BCUT2D eigenvalue weighted by atomic mass is 10.0. The Bertz CT molecular complexity index is 1610. The summed E-state index contributed by atoms with van der Waals surface area (Å²) in [5.74, 6) is -0.491. The summed E-state index contributed by atoms with van der Waals surface area (Å²) in [5.41, 5.74) is 3.83. The number of rotatable bonds is 6. The highest BCUT2D eigenvalue weighted by Crippen LogP contribution is 2.37. The Labute approximate surface area is 206 Å². The number of nitrogens with two attached hydrogens (primary N) is 1. The van der Waals surface area contributed by atoms with Gasteiger partial charge < -0.3 is 14.5 Å². The molecule has 0 aliphatic heterocycles. The number of aromatic nitrogens is 1. The summed E-state index contributed by atoms with van der Waals surface area (Å²) in [5, 5.41) is 8.30. The molecule has 2 aromatic carbocycles. The first-order valence-corrected chi connectivity index (χ1v) is 12.6. The summed E-state index contributed by atoms with van der Waals surface area (Å²) in [6, 6.07) is 16.3. The number of allylic oxidation sites excluding steroid dienone is 1. The van der Waals surface area contributed by atoms with E-state index in [-0.39, 0.29) is 4.90 Å². The van der Waals surface area contributed by atoms with Gasteiger partial charge in [-0.2, -0.15) is 0 Å². The Morgan fingerprint density at radius 1 is 1.06 bits per heavy atom. The number of sulfonamides is 1. The molecule has 9 nitrogen and oxygen atoms in total. The van der Waals surface area contributed by atoms with E-state index in [0.29, 0.717) is 40.8 Å². The predicted molar refractivity (Wildman–Crippen MR) is 133 cm³/mol. The minimum Gasteiger partial charge on any atom is -0.465 e. The van der Waals surface area contributed by atoms with Crippen LogP contribution in [-0.2, 0) is 26.0 Å². The van der Waals surface area contributed by atoms with Gasteiger partial charge in [0.05, 0.1) is 27.9 Å². The molecule has 0 atom stereocenters. The van der Waals surface area contributed by atoms with Gasteiger partial charge in [-0.15, -0.1) is 0 Å². The largest absolute Gasteiger partial charge is 0.465 e. The molecule has 0 fully saturated rings. The van der Waals surface area contributed by atoms with Gasteiger partial charge in [-0.3, -0.25) is 4.79 Å². The molecule has 0 saturated carbocycles. The number of carbonyl (C=O) groups excluding carboxylic acids is 2. The second-order valence-corrected chi connectivity index (χ2v) is 9.77. The molecule has 1 aliphatic carbocycles. The van der Waals surface area contributed by atoms with Crippen LogP contribution in [0.5, 0.6) is 0 Å². The van der Waals surface area contributed by atoms with Crippen molar-refractivity contribution in [1.29, 1.82) is 0 Å². The maximum atomic E-state index is 13.2. The Kier molecular flexibility index (Phi) is 6.13. The van der Waals surface area contributed by atoms with Crippen LogP contribution in [0.4, 0.5) is 5.69 Å². The van der Waals surface area contributed by atoms with Gasteiger partial charge >= 0.3 is 5.97 Å². The standard InChI is InChI=1S/C26H21N3O6S/c27-36(32,33)19-10-8-17(9-11-19)28-23(30)15-35-26(31)24-20-5-1-2-6-22(20)29-25-16(7-12-21(24)25)14-18-4-3-13-34-18/h1-6,8-11,13-14H,7,12,15H2,(H,28,30)(H2,27,32,33). The van der Waals surface area contributed by atoms with Crippen molar-refractivity contribution in [3.63, 3.8) is 0 Å². The fourth-order valence-electron chi connectivity index (χ4n) is 4.19. The average Bonchev–Trinajstić information content (AvgIpc) is 3.51. The maximum Gasteiger partial charge on any atom is 0.339 e. The van der Waals surface area contributed by atoms with Crippen LogP contribution in [0.1, 0.15) is 33.8 Å². The predicted octanol–water partition coefficient (Wildman–Crippen LogP) is 3.76. The molecular formula is C26H21N3O6S. The molecule has 2 heterocycles. The molecule has 0 spiro atoms. The Hall–Kier alpha value is -4.28. The van der Waals surface area contributed by atoms with Gasteiger partial charge in [0.25, 0.3) is 5.91 Å². The second kappa shape index (κ2) is 9.40. The van der Waals surface area contributed by atoms with Gasteiger partial charge in [0.2, 0.25) is 10.0 Å². The van der Waals surface area contributed by atoms with Crippen LogP contribution in [-0.4, -0.2) is 31.9 Å². The van der Waals surface area contributed by atoms with Crippen LogP contribution in [0, 0.1) is 0 Å². The zero-order chi connectivity index (χ0) is 25.3. The average molecular weight is 504 g/mol. The van der Waals surface area contributed by atoms with Gasteiger partial charge in [-0.25, -0.2) is 23.3 Å². The molecule has 1 amide bonds. The minimum atomic E-state index is -3.84. The summed E-state index contributed by atoms with van der Waals surface area (Å²) in [4.78, 5) is 30.3. The van der Waals surface area contributed by atoms with Crippen LogP contribution in [0.3, 0.4) is 0 Å². The summed E-state index contributed by atoms with van der Waals surface area (Å²) in [6.45, 7) is -0.518. The highest BCUT2D eigenvalue weighted by molar-refractivity contribution is 7.89. The minimum absolute atomic E-state index is 0.0780. The number of nitrogens with zero attached hydrogens (tertiary/aromatic N) is 1. The van der Waals surface area contributed by atoms with Crippen molar-refractivity contribution in [3.8, 4) is 0 Å². The van der Waals surface area contributed by atoms with E-state index in [1.165, 1.54) is 24.3 Å². The van der Waals surface area contributed by atoms with Crippen molar-refractivity contribution in [1.82, 2.24) is 4.98 Å². The smallest absolute Gasteiger partial charge is 0.339 e. The van der Waals surface area contributed by atoms with E-state index in [1.54, 1.807) is 18.4 Å². The Morgan fingerprint density at radius 2 is 1.83 bits per heavy atom. The number of fused-ring (bicyclic) bond motifs is 2. The molecule has 10 heteroatoms. The summed E-state index contributed by atoms with van der Waals surface area (Å²) in [6.07, 6.45) is 4.80. The topological polar surface area (TPSA) is 142 Å². The monoisotopic (exact) mass is 503 g/mol. The molecule has 4 aromatic rings. The number of esters is 1. The quantitative estimate of drug-likeness (QED) is 0.382. The van der Waals surface area contributed by atoms with Crippen molar-refractivity contribution in [3.05, 3.63) is 89.5 Å². The van der Waals surface area contributed by atoms with Gasteiger partial charge in [-0.05, 0) is 72.5 Å². The lowest BCUT2D eigenvalue weighted by Gasteiger charge is -2.12. The summed E-state index contributed by atoms with van der Waals surface area (Å²) < 4.78 is 33.6. The number of hydrogen-bond donors (Lipinski definition) is 2. The van der Waals surface area contributed by atoms with Gasteiger partial charge in [-0.1, -0.05) is 18.2 Å². The molecule has 182 valence electrons. The van der Waals surface area contributed by atoms with Crippen molar-refractivity contribution < 1.29 is 27.2 Å². The SMILES string of the molecule is NS(=O)(=O)c1ccc(NC(=O)COC(=O)c2c3c(nc4ccccc24)C(=Cc2ccco2)CC3)cc1. The number of carbonyl (C=O) groups is 2. The van der Waals surface area contributed by atoms with Crippen LogP contribution >= 0.6 is 0 Å². The number of primary sulfonamides is 1. The van der Waals surface area contributed by atoms with E-state index in [2.05, 4.69) is 5.32 Å². The van der Waals surface area contributed by atoms with Gasteiger partial charge in [0.15, 0.2) is 6.61 Å². The molecule has 5 rings (SSSR count). The van der Waals surface area contributed by atoms with Crippen molar-refractivity contribution in [2.24, 2.45) is 5.14 Å². The Balaban J connectivity index is 1.37. The normalized spacial score (nSPS) is 14.1. The van der Waals surface area contributed by atoms with E-state index >= 15 is 0 Å². The number of anilines is 1. The lowest BCUT2D eigenvalue weighted by molar-refractivity contribution is -0.119. The number of amides is 1. The van der Waals surface area contributed by atoms with E-state index in [0.717, 1.165) is 16.8 Å². The summed E-state index contributed by atoms with van der Waals surface area (Å²) in [7, 11) is -3.84. The zero-order valence-electron chi connectivity index (χ0n) is 18.9. The summed E-state index contributed by atoms with van der Waals surface area (Å²) >= 11 is 0. The van der Waals surface area contributed by atoms with Crippen molar-refractivity contribution in [2.75, 3.05) is 11.9 Å². The number of para-hydroxylation sites is 1. The maximum absolute atomic E-state index is 13.2. The molecule has 2 aromatic heterocycles. The highest BCUT2D eigenvalue weighted by atomic mass is 32.2. The van der Waals surface area contributed by atoms with Gasteiger partial charge in [0, 0.05) is 11.1 Å². The molecule has 3 N–H and O–H groups in total. The first-order valence-electron chi connectivity index (χ1n) is 11.1. The zero-order valence-corrected chi connectivity index (χ0v) is 19.7. The molecule has 0 saturated heterocycles. The third-order valence-electron chi connectivity index (χ3n) is 5.81. The van der Waals surface area contributed by atoms with E-state index in [4.69, 9.17) is 19.3 Å². The van der Waals surface area contributed by atoms with Crippen molar-refractivity contribution >= 4 is 50.1 Å². The second-order valence-electron chi connectivity index (χ2n) is 8.21. The van der Waals surface area contributed by atoms with E-state index < -0.39 is 28.5 Å². The Morgan fingerprint density at radius 3 is 2.56 bits per heavy atom. The van der Waals surface area contributed by atoms with Crippen LogP contribution in [0.25, 0.3) is 22.6 Å². The fraction of sp³-hybridized carbons (Fsp3) is 0.115. The van der Waals surface area contributed by atoms with Gasteiger partial charge in [0.1, 0.15) is 5.76 Å². The highest BCUT2D eigenvalue weighted by Gasteiger charge is 2.28. The molecule has 36 heavy (non-hydrogen) atoms. The number of nitrogens with one attached hydrogen (secondary N) is 1. The molecule has 0 unspecified atom stereocenters. The molecule has 0 radical (unpaired) electrons. The van der Waals surface area contributed by atoms with E-state index in [9.17, 15) is 18.0 Å². The number of hydrogen-bond acceptors (Lipinski definition) is 7. The first kappa shape index (κ1) is 23.5. The number of furan rings is 1. The number of benzene rings is 2. The number of pyridine rings is 1. The van der Waals surface area contributed by atoms with Crippen LogP contribution in [0.15, 0.2) is 76.2 Å². The van der Waals surface area contributed by atoms with E-state index in [1.807, 2.05) is 30.3 Å². The molecule has 1 aliphatic rings. The molecule has 0 bridgehead atoms. The lowest BCUT2D eigenvalue weighted by Crippen LogP contribution is -2.22. The first-order chi connectivity index (χ1) is 17.3. The number of ether oxygens (including phenoxy) is 1. The third kappa shape index (κ3) is 4.77.